The maximum Gasteiger partial charge on any atom is 0.307 e. The number of aliphatic carboxylic acids is 1. The van der Waals surface area contributed by atoms with E-state index in [-0.39, 0.29) is 35.0 Å². The van der Waals surface area contributed by atoms with Gasteiger partial charge in [0.05, 0.1) is 24.5 Å². The Morgan fingerprint density at radius 3 is 3.02 bits per heavy atom. The molecule has 0 spiro atoms. The van der Waals surface area contributed by atoms with Gasteiger partial charge in [-0.1, -0.05) is 10.3 Å². The fraction of sp³-hybridized carbons (Fsp3) is 0.391. The first-order valence-corrected chi connectivity index (χ1v) is 14.1. The van der Waals surface area contributed by atoms with Gasteiger partial charge in [0, 0.05) is 35.5 Å². The molecule has 6 heterocycles. The second kappa shape index (κ2) is 10.8. The van der Waals surface area contributed by atoms with Crippen LogP contribution in [0.5, 0.6) is 0 Å². The topological polar surface area (TPSA) is 193 Å². The molecule has 6 rings (SSSR count). The Morgan fingerprint density at radius 1 is 1.40 bits per heavy atom. The number of nitrogens with two attached hydrogens (primary N) is 1. The van der Waals surface area contributed by atoms with E-state index in [1.165, 1.54) is 11.8 Å². The SMILES string of the molecule is Nc1nc(/C(=N/OC2CCCOC2)C(=O)N[C@@H]2C(=O)N3C(C(=O)[O-])=C(C[n+]4ccn5ncccc54)CS[C@H]23)ns1. The summed E-state index contributed by atoms with van der Waals surface area (Å²) in [7, 11) is 0. The number of nitrogens with zero attached hydrogens (tertiary/aromatic N) is 7. The lowest BCUT2D eigenvalue weighted by atomic mass is 10.0. The van der Waals surface area contributed by atoms with E-state index in [4.69, 9.17) is 15.3 Å². The molecule has 3 aromatic rings. The number of amides is 2. The number of β-lactam (4-membered cyclic amide) rings is 1. The third kappa shape index (κ3) is 4.86. The number of aromatic nitrogens is 5. The number of imidazole rings is 1. The highest BCUT2D eigenvalue weighted by Gasteiger charge is 2.53. The van der Waals surface area contributed by atoms with Gasteiger partial charge >= 0.3 is 5.65 Å². The van der Waals surface area contributed by atoms with Crippen LogP contribution in [-0.2, 0) is 30.5 Å². The molecule has 3 aliphatic heterocycles. The molecule has 17 heteroatoms. The number of nitrogens with one attached hydrogen (secondary N) is 1. The van der Waals surface area contributed by atoms with Gasteiger partial charge in [-0.3, -0.25) is 14.5 Å². The van der Waals surface area contributed by atoms with Crippen molar-refractivity contribution in [3.05, 3.63) is 47.8 Å². The molecule has 15 nitrogen and oxygen atoms in total. The fourth-order valence-corrected chi connectivity index (χ4v) is 6.49. The summed E-state index contributed by atoms with van der Waals surface area (Å²) in [6.07, 6.45) is 6.33. The van der Waals surface area contributed by atoms with Gasteiger partial charge in [-0.05, 0) is 18.9 Å². The Kier molecular flexibility index (Phi) is 7.07. The highest BCUT2D eigenvalue weighted by molar-refractivity contribution is 8.00. The van der Waals surface area contributed by atoms with Gasteiger partial charge in [0.1, 0.15) is 24.2 Å². The van der Waals surface area contributed by atoms with E-state index in [0.29, 0.717) is 31.0 Å². The molecule has 0 aliphatic carbocycles. The number of oxime groups is 1. The molecule has 0 saturated carbocycles. The number of fused-ring (bicyclic) bond motifs is 2. The Morgan fingerprint density at radius 2 is 2.27 bits per heavy atom. The molecule has 208 valence electrons. The number of hydrogen-bond acceptors (Lipinski definition) is 13. The number of carbonyl (C=O) groups excluding carboxylic acids is 3. The average molecular weight is 586 g/mol. The van der Waals surface area contributed by atoms with E-state index in [9.17, 15) is 19.5 Å². The van der Waals surface area contributed by atoms with Crippen LogP contribution in [-0.4, -0.2) is 83.9 Å². The summed E-state index contributed by atoms with van der Waals surface area (Å²) in [6.45, 7) is 1.18. The largest absolute Gasteiger partial charge is 0.543 e. The molecule has 1 unspecified atom stereocenters. The second-order valence-corrected chi connectivity index (χ2v) is 11.1. The number of hydrogen-bond donors (Lipinski definition) is 2. The molecule has 3 aromatic heterocycles. The van der Waals surface area contributed by atoms with Crippen LogP contribution in [0.3, 0.4) is 0 Å². The third-order valence-corrected chi connectivity index (χ3v) is 8.49. The predicted molar refractivity (Wildman–Crippen MR) is 138 cm³/mol. The average Bonchev–Trinajstić information content (AvgIpc) is 3.58. The van der Waals surface area contributed by atoms with E-state index >= 15 is 0 Å². The van der Waals surface area contributed by atoms with Gasteiger partial charge in [0.2, 0.25) is 11.5 Å². The maximum absolute atomic E-state index is 13.3. The van der Waals surface area contributed by atoms with Crippen LogP contribution >= 0.6 is 23.3 Å². The van der Waals surface area contributed by atoms with E-state index in [2.05, 4.69) is 24.9 Å². The number of carboxylic acid groups (broad SMARTS) is 1. The highest BCUT2D eigenvalue weighted by atomic mass is 32.2. The number of carboxylic acids is 1. The summed E-state index contributed by atoms with van der Waals surface area (Å²) in [4.78, 5) is 49.4. The normalized spacial score (nSPS) is 23.1. The van der Waals surface area contributed by atoms with E-state index in [0.717, 1.165) is 28.5 Å². The molecule has 40 heavy (non-hydrogen) atoms. The van der Waals surface area contributed by atoms with Gasteiger partial charge in [-0.25, -0.2) is 4.57 Å². The van der Waals surface area contributed by atoms with Crippen molar-refractivity contribution in [3.63, 3.8) is 0 Å². The highest BCUT2D eigenvalue weighted by Crippen LogP contribution is 2.40. The zero-order chi connectivity index (χ0) is 27.8. The van der Waals surface area contributed by atoms with Crippen LogP contribution in [0.15, 0.2) is 47.1 Å². The molecule has 3 aliphatic rings. The van der Waals surface area contributed by atoms with Crippen LogP contribution in [0.4, 0.5) is 5.13 Å². The molecule has 2 amide bonds. The summed E-state index contributed by atoms with van der Waals surface area (Å²) in [6, 6.07) is 2.62. The lowest BCUT2D eigenvalue weighted by Crippen LogP contribution is -2.71. The molecule has 2 fully saturated rings. The standard InChI is InChI=1S/C23H23N9O6S2/c24-23-27-18(29-40-23)15(28-38-13-3-2-8-37-10-13)19(33)26-16-20(34)32-17(22(35)36)12(11-39-21(16)32)9-30-6-7-31-14(30)4-1-5-25-31/h1,4-7,13,16,21H,2-3,8-11H2,(H3-,24,26,27,29,33,35,36)/b28-15-/t13?,16-,21-/m1/s1. The minimum absolute atomic E-state index is 0.0411. The molecule has 2 saturated heterocycles. The Hall–Kier alpha value is -4.09. The smallest absolute Gasteiger partial charge is 0.307 e. The molecule has 3 N–H and O–H groups in total. The molecule has 3 atom stereocenters. The summed E-state index contributed by atoms with van der Waals surface area (Å²) < 4.78 is 12.9. The van der Waals surface area contributed by atoms with Gasteiger partial charge in [-0.15, -0.1) is 16.3 Å². The first-order chi connectivity index (χ1) is 19.4. The van der Waals surface area contributed by atoms with Crippen molar-refractivity contribution < 1.29 is 33.6 Å². The van der Waals surface area contributed by atoms with E-state index < -0.39 is 29.2 Å². The van der Waals surface area contributed by atoms with Crippen LogP contribution in [0.1, 0.15) is 18.7 Å². The molecule has 0 bridgehead atoms. The number of rotatable bonds is 8. The van der Waals surface area contributed by atoms with Crippen molar-refractivity contribution in [1.82, 2.24) is 29.2 Å². The lowest BCUT2D eigenvalue weighted by molar-refractivity contribution is -0.662. The quantitative estimate of drug-likeness (QED) is 0.129. The number of nitrogen functional groups attached to an aromatic ring is 1. The first kappa shape index (κ1) is 26.1. The van der Waals surface area contributed by atoms with Crippen LogP contribution in [0, 0.1) is 0 Å². The first-order valence-electron chi connectivity index (χ1n) is 12.3. The summed E-state index contributed by atoms with van der Waals surface area (Å²) in [5.74, 6) is -2.53. The predicted octanol–water partition coefficient (Wildman–Crippen LogP) is -1.94. The van der Waals surface area contributed by atoms with Crippen molar-refractivity contribution in [2.45, 2.75) is 36.9 Å². The minimum atomic E-state index is -1.46. The molecular formula is C23H23N9O6S2. The molecular weight excluding hydrogens is 562 g/mol. The molecule has 0 radical (unpaired) electrons. The second-order valence-electron chi connectivity index (χ2n) is 9.19. The van der Waals surface area contributed by atoms with Crippen LogP contribution < -0.4 is 20.7 Å². The molecule has 0 aromatic carbocycles. The van der Waals surface area contributed by atoms with Crippen molar-refractivity contribution in [2.75, 3.05) is 24.7 Å². The zero-order valence-electron chi connectivity index (χ0n) is 20.8. The van der Waals surface area contributed by atoms with E-state index in [1.807, 2.05) is 10.6 Å². The number of anilines is 1. The minimum Gasteiger partial charge on any atom is -0.543 e. The number of thioether (sulfide) groups is 1. The summed E-state index contributed by atoms with van der Waals surface area (Å²) in [5, 5.41) is 22.5. The Labute approximate surface area is 234 Å². The van der Waals surface area contributed by atoms with Crippen molar-refractivity contribution in [2.24, 2.45) is 5.16 Å². The van der Waals surface area contributed by atoms with Crippen LogP contribution in [0.25, 0.3) is 5.65 Å². The van der Waals surface area contributed by atoms with Crippen LogP contribution in [0.2, 0.25) is 0 Å². The fourth-order valence-electron chi connectivity index (χ4n) is 4.72. The monoisotopic (exact) mass is 585 g/mol. The Bertz CT molecular complexity index is 1550. The van der Waals surface area contributed by atoms with Crippen molar-refractivity contribution in [3.8, 4) is 0 Å². The Balaban J connectivity index is 1.20. The number of carbonyl (C=O) groups is 3. The summed E-state index contributed by atoms with van der Waals surface area (Å²) in [5.41, 5.74) is 6.52. The third-order valence-electron chi connectivity index (χ3n) is 6.61. The van der Waals surface area contributed by atoms with Crippen molar-refractivity contribution >= 4 is 57.6 Å². The number of ether oxygens (including phenoxy) is 1. The van der Waals surface area contributed by atoms with E-state index in [1.54, 1.807) is 29.2 Å². The van der Waals surface area contributed by atoms with Gasteiger partial charge in [0.15, 0.2) is 17.4 Å². The summed E-state index contributed by atoms with van der Waals surface area (Å²) >= 11 is 2.22. The van der Waals surface area contributed by atoms with Crippen molar-refractivity contribution in [1.29, 1.82) is 0 Å². The lowest BCUT2D eigenvalue weighted by Gasteiger charge is -2.50. The van der Waals surface area contributed by atoms with Gasteiger partial charge < -0.3 is 30.5 Å². The maximum atomic E-state index is 13.3. The van der Waals surface area contributed by atoms with Gasteiger partial charge in [0.25, 0.3) is 11.8 Å². The van der Waals surface area contributed by atoms with Gasteiger partial charge in [-0.2, -0.15) is 9.36 Å². The zero-order valence-corrected chi connectivity index (χ0v) is 22.5.